The Morgan fingerprint density at radius 2 is 1.26 bits per heavy atom. The van der Waals surface area contributed by atoms with Gasteiger partial charge in [-0.1, -0.05) is 36.4 Å². The zero-order valence-electron chi connectivity index (χ0n) is 14.6. The van der Waals surface area contributed by atoms with E-state index in [9.17, 15) is 19.8 Å². The monoisotopic (exact) mass is 372 g/mol. The van der Waals surface area contributed by atoms with Crippen LogP contribution >= 0.6 is 0 Å². The van der Waals surface area contributed by atoms with Gasteiger partial charge in [0.2, 0.25) is 0 Å². The topological polar surface area (TPSA) is 102 Å². The van der Waals surface area contributed by atoms with E-state index in [4.69, 9.17) is 14.2 Å². The van der Waals surface area contributed by atoms with Crippen LogP contribution in [0.15, 0.2) is 60.7 Å². The van der Waals surface area contributed by atoms with E-state index in [0.29, 0.717) is 0 Å². The molecule has 0 unspecified atom stereocenters. The van der Waals surface area contributed by atoms with E-state index < -0.39 is 42.6 Å². The van der Waals surface area contributed by atoms with Crippen molar-refractivity contribution >= 4 is 11.9 Å². The summed E-state index contributed by atoms with van der Waals surface area (Å²) in [6.45, 7) is 1.52. The van der Waals surface area contributed by atoms with Gasteiger partial charge in [-0.3, -0.25) is 0 Å². The molecule has 0 saturated carbocycles. The van der Waals surface area contributed by atoms with E-state index in [0.717, 1.165) is 0 Å². The Kier molecular flexibility index (Phi) is 5.85. The van der Waals surface area contributed by atoms with Gasteiger partial charge in [-0.2, -0.15) is 0 Å². The number of hydrogen-bond donors (Lipinski definition) is 2. The van der Waals surface area contributed by atoms with Crippen LogP contribution in [0.25, 0.3) is 0 Å². The lowest BCUT2D eigenvalue weighted by Gasteiger charge is -2.40. The Labute approximate surface area is 156 Å². The van der Waals surface area contributed by atoms with Crippen molar-refractivity contribution in [2.24, 2.45) is 0 Å². The average Bonchev–Trinajstić information content (AvgIpc) is 2.69. The molecule has 2 aromatic carbocycles. The van der Waals surface area contributed by atoms with Gasteiger partial charge in [0.25, 0.3) is 0 Å². The van der Waals surface area contributed by atoms with Crippen molar-refractivity contribution in [2.75, 3.05) is 0 Å². The number of esters is 2. The number of carbonyl (C=O) groups excluding carboxylic acids is 2. The van der Waals surface area contributed by atoms with Crippen molar-refractivity contribution in [2.45, 2.75) is 37.6 Å². The maximum absolute atomic E-state index is 12.4. The third-order valence-electron chi connectivity index (χ3n) is 4.28. The van der Waals surface area contributed by atoms with Crippen molar-refractivity contribution < 1.29 is 34.0 Å². The molecule has 0 aromatic heterocycles. The van der Waals surface area contributed by atoms with E-state index in [-0.39, 0.29) is 11.1 Å². The molecule has 2 aromatic rings. The van der Waals surface area contributed by atoms with Crippen molar-refractivity contribution in [1.82, 2.24) is 0 Å². The van der Waals surface area contributed by atoms with Gasteiger partial charge in [-0.25, -0.2) is 9.59 Å². The fraction of sp³-hybridized carbons (Fsp3) is 0.300. The minimum absolute atomic E-state index is 0.256. The number of rotatable bonds is 4. The molecule has 3 rings (SSSR count). The molecule has 1 saturated heterocycles. The predicted octanol–water partition coefficient (Wildman–Crippen LogP) is 1.54. The largest absolute Gasteiger partial charge is 0.452 e. The molecule has 0 spiro atoms. The highest BCUT2D eigenvalue weighted by Crippen LogP contribution is 2.26. The van der Waals surface area contributed by atoms with E-state index in [2.05, 4.69) is 0 Å². The maximum atomic E-state index is 12.4. The highest BCUT2D eigenvalue weighted by molar-refractivity contribution is 5.90. The predicted molar refractivity (Wildman–Crippen MR) is 93.9 cm³/mol. The molecule has 142 valence electrons. The van der Waals surface area contributed by atoms with E-state index >= 15 is 0 Å². The van der Waals surface area contributed by atoms with Crippen LogP contribution in [-0.4, -0.2) is 52.9 Å². The summed E-state index contributed by atoms with van der Waals surface area (Å²) < 4.78 is 15.9. The van der Waals surface area contributed by atoms with Gasteiger partial charge in [0.15, 0.2) is 18.5 Å². The lowest BCUT2D eigenvalue weighted by molar-refractivity contribution is -0.276. The number of aliphatic hydroxyl groups excluding tert-OH is 2. The molecular weight excluding hydrogens is 352 g/mol. The zero-order chi connectivity index (χ0) is 19.4. The molecule has 0 aliphatic carbocycles. The standard InChI is InChI=1S/C20H20O7/c1-12-15(21)16(26-18(22)13-8-4-2-5-9-13)17(20(24)25-12)27-19(23)14-10-6-3-7-11-14/h2-12,15-17,20-21,24H,1H3/t12-,15-,16+,17+,20-/m1/s1. The second kappa shape index (κ2) is 8.30. The summed E-state index contributed by atoms with van der Waals surface area (Å²) in [5, 5.41) is 20.6. The van der Waals surface area contributed by atoms with Gasteiger partial charge >= 0.3 is 11.9 Å². The summed E-state index contributed by atoms with van der Waals surface area (Å²) in [5.41, 5.74) is 0.525. The third kappa shape index (κ3) is 4.33. The lowest BCUT2D eigenvalue weighted by Crippen LogP contribution is -2.59. The molecule has 1 aliphatic heterocycles. The van der Waals surface area contributed by atoms with Crippen LogP contribution in [0, 0.1) is 0 Å². The summed E-state index contributed by atoms with van der Waals surface area (Å²) in [6, 6.07) is 16.3. The molecule has 7 heteroatoms. The van der Waals surface area contributed by atoms with Gasteiger partial charge in [0.1, 0.15) is 6.10 Å². The van der Waals surface area contributed by atoms with Gasteiger partial charge in [0.05, 0.1) is 17.2 Å². The van der Waals surface area contributed by atoms with Gasteiger partial charge in [-0.05, 0) is 31.2 Å². The molecule has 0 amide bonds. The van der Waals surface area contributed by atoms with E-state index in [1.807, 2.05) is 0 Å². The van der Waals surface area contributed by atoms with Crippen LogP contribution in [0.4, 0.5) is 0 Å². The molecule has 2 N–H and O–H groups in total. The Morgan fingerprint density at radius 1 is 0.815 bits per heavy atom. The molecule has 7 nitrogen and oxygen atoms in total. The normalized spacial score (nSPS) is 27.6. The fourth-order valence-electron chi connectivity index (χ4n) is 2.80. The Morgan fingerprint density at radius 3 is 1.74 bits per heavy atom. The summed E-state index contributed by atoms with van der Waals surface area (Å²) in [7, 11) is 0. The summed E-state index contributed by atoms with van der Waals surface area (Å²) in [4.78, 5) is 24.7. The third-order valence-corrected chi connectivity index (χ3v) is 4.28. The molecule has 5 atom stereocenters. The van der Waals surface area contributed by atoms with Crippen molar-refractivity contribution in [1.29, 1.82) is 0 Å². The highest BCUT2D eigenvalue weighted by atomic mass is 16.7. The van der Waals surface area contributed by atoms with Crippen LogP contribution in [-0.2, 0) is 14.2 Å². The maximum Gasteiger partial charge on any atom is 0.338 e. The average molecular weight is 372 g/mol. The Balaban J connectivity index is 1.80. The molecule has 1 heterocycles. The number of ether oxygens (including phenoxy) is 3. The first-order valence-corrected chi connectivity index (χ1v) is 8.51. The zero-order valence-corrected chi connectivity index (χ0v) is 14.6. The fourth-order valence-corrected chi connectivity index (χ4v) is 2.80. The molecule has 0 bridgehead atoms. The number of aliphatic hydroxyl groups is 2. The van der Waals surface area contributed by atoms with Crippen LogP contribution in [0.5, 0.6) is 0 Å². The van der Waals surface area contributed by atoms with Crippen molar-refractivity contribution in [3.8, 4) is 0 Å². The second-order valence-corrected chi connectivity index (χ2v) is 6.19. The highest BCUT2D eigenvalue weighted by Gasteiger charge is 2.48. The van der Waals surface area contributed by atoms with Crippen LogP contribution in [0.1, 0.15) is 27.6 Å². The minimum atomic E-state index is -1.55. The smallest absolute Gasteiger partial charge is 0.338 e. The van der Waals surface area contributed by atoms with Gasteiger partial charge in [0, 0.05) is 0 Å². The minimum Gasteiger partial charge on any atom is -0.452 e. The van der Waals surface area contributed by atoms with Crippen molar-refractivity contribution in [3.63, 3.8) is 0 Å². The van der Waals surface area contributed by atoms with E-state index in [1.54, 1.807) is 60.7 Å². The first kappa shape index (κ1) is 19.0. The quantitative estimate of drug-likeness (QED) is 0.785. The van der Waals surface area contributed by atoms with Crippen LogP contribution < -0.4 is 0 Å². The first-order chi connectivity index (χ1) is 13.0. The second-order valence-electron chi connectivity index (χ2n) is 6.19. The Hall–Kier alpha value is -2.74. The number of benzene rings is 2. The molecule has 1 fully saturated rings. The summed E-state index contributed by atoms with van der Waals surface area (Å²) in [5.74, 6) is -1.44. The van der Waals surface area contributed by atoms with Gasteiger partial charge < -0.3 is 24.4 Å². The molecule has 0 radical (unpaired) electrons. The number of hydrogen-bond acceptors (Lipinski definition) is 7. The summed E-state index contributed by atoms with van der Waals surface area (Å²) >= 11 is 0. The van der Waals surface area contributed by atoms with Gasteiger partial charge in [-0.15, -0.1) is 0 Å². The molecule has 1 aliphatic rings. The Bertz CT molecular complexity index is 777. The van der Waals surface area contributed by atoms with Crippen molar-refractivity contribution in [3.05, 3.63) is 71.8 Å². The lowest BCUT2D eigenvalue weighted by atomic mass is 9.99. The van der Waals surface area contributed by atoms with E-state index in [1.165, 1.54) is 6.92 Å². The SMILES string of the molecule is C[C@H]1O[C@@H](O)[C@@H](OC(=O)c2ccccc2)[C@@H](OC(=O)c2ccccc2)[C@@H]1O. The molecular formula is C20H20O7. The molecule has 27 heavy (non-hydrogen) atoms. The summed E-state index contributed by atoms with van der Waals surface area (Å²) in [6.07, 6.45) is -6.32. The van der Waals surface area contributed by atoms with Crippen LogP contribution in [0.2, 0.25) is 0 Å². The van der Waals surface area contributed by atoms with Crippen LogP contribution in [0.3, 0.4) is 0 Å². The first-order valence-electron chi connectivity index (χ1n) is 8.51. The number of carbonyl (C=O) groups is 2.